The van der Waals surface area contributed by atoms with Crippen molar-refractivity contribution in [3.8, 4) is 0 Å². The highest BCUT2D eigenvalue weighted by Gasteiger charge is 2.21. The fourth-order valence-corrected chi connectivity index (χ4v) is 2.72. The lowest BCUT2D eigenvalue weighted by Gasteiger charge is -2.32. The Labute approximate surface area is 113 Å². The van der Waals surface area contributed by atoms with Gasteiger partial charge in [0.1, 0.15) is 0 Å². The summed E-state index contributed by atoms with van der Waals surface area (Å²) < 4.78 is 0. The molecule has 0 spiro atoms. The second kappa shape index (κ2) is 6.68. The number of carboxylic acids is 1. The van der Waals surface area contributed by atoms with Gasteiger partial charge in [0, 0.05) is 19.5 Å². The number of likely N-dealkylation sites (tertiary alicyclic amines) is 1. The van der Waals surface area contributed by atoms with E-state index in [-0.39, 0.29) is 18.9 Å². The zero-order valence-corrected chi connectivity index (χ0v) is 11.1. The maximum absolute atomic E-state index is 10.8. The fourth-order valence-electron chi connectivity index (χ4n) is 2.72. The van der Waals surface area contributed by atoms with Gasteiger partial charge in [-0.25, -0.2) is 0 Å². The van der Waals surface area contributed by atoms with Crippen LogP contribution in [0.3, 0.4) is 0 Å². The van der Waals surface area contributed by atoms with Crippen LogP contribution in [0.5, 0.6) is 0 Å². The van der Waals surface area contributed by atoms with Gasteiger partial charge in [-0.3, -0.25) is 9.69 Å². The van der Waals surface area contributed by atoms with Crippen molar-refractivity contribution in [1.82, 2.24) is 4.90 Å². The summed E-state index contributed by atoms with van der Waals surface area (Å²) in [6.45, 7) is 2.85. The minimum atomic E-state index is -0.695. The summed E-state index contributed by atoms with van der Waals surface area (Å²) in [5.41, 5.74) is 2.14. The second-order valence-electron chi connectivity index (χ2n) is 5.32. The third kappa shape index (κ3) is 4.33. The quantitative estimate of drug-likeness (QED) is 0.851. The first-order chi connectivity index (χ1) is 9.17. The Kier molecular flexibility index (Phi) is 4.93. The monoisotopic (exact) mass is 263 g/mol. The number of hydrogen-bond acceptors (Lipinski definition) is 3. The van der Waals surface area contributed by atoms with Crippen molar-refractivity contribution >= 4 is 5.97 Å². The zero-order valence-electron chi connectivity index (χ0n) is 11.1. The molecule has 1 aromatic rings. The van der Waals surface area contributed by atoms with E-state index in [1.807, 2.05) is 24.3 Å². The van der Waals surface area contributed by atoms with Gasteiger partial charge in [-0.1, -0.05) is 24.3 Å². The molecule has 0 radical (unpaired) electrons. The van der Waals surface area contributed by atoms with Crippen molar-refractivity contribution in [3.63, 3.8) is 0 Å². The third-order valence-electron chi connectivity index (χ3n) is 3.68. The molecule has 1 atom stereocenters. The van der Waals surface area contributed by atoms with E-state index in [1.165, 1.54) is 5.56 Å². The van der Waals surface area contributed by atoms with Crippen LogP contribution in [0.25, 0.3) is 0 Å². The molecule has 1 aliphatic rings. The number of hydrogen-bond donors (Lipinski definition) is 2. The summed E-state index contributed by atoms with van der Waals surface area (Å²) in [4.78, 5) is 13.1. The normalized spacial score (nSPS) is 20.4. The average molecular weight is 263 g/mol. The lowest BCUT2D eigenvalue weighted by Crippen LogP contribution is -2.35. The van der Waals surface area contributed by atoms with Crippen molar-refractivity contribution < 1.29 is 15.0 Å². The first-order valence-electron chi connectivity index (χ1n) is 6.80. The van der Waals surface area contributed by atoms with Gasteiger partial charge in [0.25, 0.3) is 0 Å². The zero-order chi connectivity index (χ0) is 13.7. The molecule has 4 nitrogen and oxygen atoms in total. The van der Waals surface area contributed by atoms with Crippen molar-refractivity contribution in [2.45, 2.75) is 32.4 Å². The van der Waals surface area contributed by atoms with E-state index in [4.69, 9.17) is 10.2 Å². The van der Waals surface area contributed by atoms with Gasteiger partial charge in [-0.15, -0.1) is 0 Å². The van der Waals surface area contributed by atoms with Crippen LogP contribution >= 0.6 is 0 Å². The number of carboxylic acid groups (broad SMARTS) is 1. The molecule has 0 bridgehead atoms. The first-order valence-corrected chi connectivity index (χ1v) is 6.80. The Bertz CT molecular complexity index is 416. The van der Waals surface area contributed by atoms with E-state index < -0.39 is 5.97 Å². The summed E-state index contributed by atoms with van der Waals surface area (Å²) in [6, 6.07) is 7.95. The molecule has 1 aromatic carbocycles. The number of nitrogens with zero attached hydrogens (tertiary/aromatic N) is 1. The maximum Gasteiger partial charge on any atom is 0.303 e. The molecule has 2 N–H and O–H groups in total. The molecular formula is C15H21NO3. The van der Waals surface area contributed by atoms with Crippen LogP contribution in [-0.4, -0.2) is 34.2 Å². The summed E-state index contributed by atoms with van der Waals surface area (Å²) in [5, 5.41) is 17.9. The molecule has 4 heteroatoms. The predicted octanol–water partition coefficient (Wildman–Crippen LogP) is 1.87. The number of aliphatic hydroxyl groups excluding tert-OH is 1. The molecule has 1 saturated heterocycles. The van der Waals surface area contributed by atoms with Crippen molar-refractivity contribution in [2.75, 3.05) is 13.1 Å². The Balaban J connectivity index is 1.88. The molecule has 0 amide bonds. The SMILES string of the molecule is O=C(O)CC1CCCN(Cc2ccc(CO)cc2)C1. The predicted molar refractivity (Wildman–Crippen MR) is 72.6 cm³/mol. The topological polar surface area (TPSA) is 60.8 Å². The van der Waals surface area contributed by atoms with Crippen LogP contribution in [0, 0.1) is 5.92 Å². The van der Waals surface area contributed by atoms with Crippen molar-refractivity contribution in [2.24, 2.45) is 5.92 Å². The van der Waals surface area contributed by atoms with E-state index >= 15 is 0 Å². The number of benzene rings is 1. The standard InChI is InChI=1S/C15H21NO3/c17-11-13-5-3-12(4-6-13)9-16-7-1-2-14(10-16)8-15(18)19/h3-6,14,17H,1-2,7-11H2,(H,18,19). The number of aliphatic carboxylic acids is 1. The van der Waals surface area contributed by atoms with Gasteiger partial charge in [-0.2, -0.15) is 0 Å². The lowest BCUT2D eigenvalue weighted by atomic mass is 9.94. The molecule has 104 valence electrons. The number of aliphatic hydroxyl groups is 1. The summed E-state index contributed by atoms with van der Waals surface area (Å²) >= 11 is 0. The van der Waals surface area contributed by atoms with E-state index in [9.17, 15) is 4.79 Å². The van der Waals surface area contributed by atoms with Crippen LogP contribution in [-0.2, 0) is 17.9 Å². The van der Waals surface area contributed by atoms with Crippen LogP contribution in [0.1, 0.15) is 30.4 Å². The van der Waals surface area contributed by atoms with Crippen molar-refractivity contribution in [3.05, 3.63) is 35.4 Å². The molecular weight excluding hydrogens is 242 g/mol. The van der Waals surface area contributed by atoms with Crippen LogP contribution in [0.4, 0.5) is 0 Å². The molecule has 19 heavy (non-hydrogen) atoms. The molecule has 1 aliphatic heterocycles. The molecule has 1 fully saturated rings. The Morgan fingerprint density at radius 2 is 1.95 bits per heavy atom. The van der Waals surface area contributed by atoms with Gasteiger partial charge in [0.15, 0.2) is 0 Å². The Morgan fingerprint density at radius 1 is 1.26 bits per heavy atom. The van der Waals surface area contributed by atoms with Gasteiger partial charge < -0.3 is 10.2 Å². The first kappa shape index (κ1) is 14.0. The highest BCUT2D eigenvalue weighted by atomic mass is 16.4. The van der Waals surface area contributed by atoms with E-state index in [1.54, 1.807) is 0 Å². The van der Waals surface area contributed by atoms with E-state index in [0.29, 0.717) is 0 Å². The summed E-state index contributed by atoms with van der Waals surface area (Å²) in [7, 11) is 0. The summed E-state index contributed by atoms with van der Waals surface area (Å²) in [5.74, 6) is -0.415. The largest absolute Gasteiger partial charge is 0.481 e. The van der Waals surface area contributed by atoms with Crippen LogP contribution < -0.4 is 0 Å². The molecule has 0 saturated carbocycles. The smallest absolute Gasteiger partial charge is 0.303 e. The Hall–Kier alpha value is -1.39. The molecule has 0 aliphatic carbocycles. The van der Waals surface area contributed by atoms with Crippen molar-refractivity contribution in [1.29, 1.82) is 0 Å². The number of rotatable bonds is 5. The highest BCUT2D eigenvalue weighted by molar-refractivity contribution is 5.67. The minimum absolute atomic E-state index is 0.0741. The van der Waals surface area contributed by atoms with Crippen LogP contribution in [0.15, 0.2) is 24.3 Å². The minimum Gasteiger partial charge on any atom is -0.481 e. The third-order valence-corrected chi connectivity index (χ3v) is 3.68. The average Bonchev–Trinajstić information content (AvgIpc) is 2.39. The van der Waals surface area contributed by atoms with E-state index in [2.05, 4.69) is 4.90 Å². The van der Waals surface area contributed by atoms with E-state index in [0.717, 1.165) is 38.0 Å². The van der Waals surface area contributed by atoms with Crippen LogP contribution in [0.2, 0.25) is 0 Å². The fraction of sp³-hybridized carbons (Fsp3) is 0.533. The number of piperidine rings is 1. The molecule has 2 rings (SSSR count). The van der Waals surface area contributed by atoms with Gasteiger partial charge in [-0.05, 0) is 36.4 Å². The molecule has 1 heterocycles. The molecule has 1 unspecified atom stereocenters. The van der Waals surface area contributed by atoms with Gasteiger partial charge >= 0.3 is 5.97 Å². The highest BCUT2D eigenvalue weighted by Crippen LogP contribution is 2.21. The summed E-state index contributed by atoms with van der Waals surface area (Å²) in [6.07, 6.45) is 2.37. The van der Waals surface area contributed by atoms with Gasteiger partial charge in [0.05, 0.1) is 6.61 Å². The lowest BCUT2D eigenvalue weighted by molar-refractivity contribution is -0.138. The molecule has 0 aromatic heterocycles. The Morgan fingerprint density at radius 3 is 2.58 bits per heavy atom. The van der Waals surface area contributed by atoms with Gasteiger partial charge in [0.2, 0.25) is 0 Å². The number of carbonyl (C=O) groups is 1. The second-order valence-corrected chi connectivity index (χ2v) is 5.32. The maximum atomic E-state index is 10.8.